The topological polar surface area (TPSA) is 87.4 Å². The fourth-order valence-electron chi connectivity index (χ4n) is 4.69. The third kappa shape index (κ3) is 4.53. The minimum atomic E-state index is -0.713. The third-order valence-electron chi connectivity index (χ3n) is 6.53. The maximum Gasteiger partial charge on any atom is 0.295 e. The fourth-order valence-corrected chi connectivity index (χ4v) is 4.69. The molecule has 1 amide bonds. The zero-order valence-electron chi connectivity index (χ0n) is 20.7. The molecule has 0 spiro atoms. The van der Waals surface area contributed by atoms with Gasteiger partial charge in [-0.3, -0.25) is 14.0 Å². The average molecular weight is 477 g/mol. The number of carbonyl (C=O) groups is 2. The van der Waals surface area contributed by atoms with E-state index in [9.17, 15) is 14.7 Å². The van der Waals surface area contributed by atoms with Crippen molar-refractivity contribution in [2.24, 2.45) is 0 Å². The molecule has 3 heterocycles. The van der Waals surface area contributed by atoms with E-state index in [4.69, 9.17) is 4.74 Å². The fraction of sp³-hybridized carbons (Fsp3) is 0.370. The van der Waals surface area contributed by atoms with Gasteiger partial charge in [0, 0.05) is 19.3 Å². The Labute approximate surface area is 205 Å². The van der Waals surface area contributed by atoms with Gasteiger partial charge < -0.3 is 19.6 Å². The molecule has 4 rings (SSSR count). The zero-order chi connectivity index (χ0) is 25.1. The number of rotatable bonds is 9. The molecule has 1 aliphatic rings. The van der Waals surface area contributed by atoms with Crippen molar-refractivity contribution in [1.29, 1.82) is 0 Å². The van der Waals surface area contributed by atoms with Gasteiger partial charge in [0.25, 0.3) is 11.7 Å². The van der Waals surface area contributed by atoms with Gasteiger partial charge in [-0.05, 0) is 56.8 Å². The van der Waals surface area contributed by atoms with Crippen LogP contribution in [0.3, 0.4) is 0 Å². The Hall–Kier alpha value is -3.65. The number of amides is 1. The van der Waals surface area contributed by atoms with E-state index in [1.165, 1.54) is 0 Å². The van der Waals surface area contributed by atoms with Crippen LogP contribution >= 0.6 is 0 Å². The van der Waals surface area contributed by atoms with E-state index in [0.29, 0.717) is 42.5 Å². The van der Waals surface area contributed by atoms with Crippen molar-refractivity contribution in [2.45, 2.75) is 33.7 Å². The van der Waals surface area contributed by atoms with E-state index in [-0.39, 0.29) is 11.3 Å². The summed E-state index contributed by atoms with van der Waals surface area (Å²) in [5, 5.41) is 11.5. The Bertz CT molecular complexity index is 1260. The summed E-state index contributed by atoms with van der Waals surface area (Å²) in [4.78, 5) is 34.9. The number of aromatic nitrogens is 2. The molecule has 1 atom stereocenters. The lowest BCUT2D eigenvalue weighted by molar-refractivity contribution is -0.140. The van der Waals surface area contributed by atoms with E-state index in [1.54, 1.807) is 22.4 Å². The van der Waals surface area contributed by atoms with Gasteiger partial charge in [-0.1, -0.05) is 32.0 Å². The molecule has 2 aromatic heterocycles. The first-order valence-electron chi connectivity index (χ1n) is 12.1. The van der Waals surface area contributed by atoms with Crippen LogP contribution in [0.2, 0.25) is 0 Å². The summed E-state index contributed by atoms with van der Waals surface area (Å²) in [5.74, 6) is -0.812. The van der Waals surface area contributed by atoms with Crippen molar-refractivity contribution in [3.8, 4) is 5.75 Å². The van der Waals surface area contributed by atoms with Gasteiger partial charge in [-0.15, -0.1) is 0 Å². The molecule has 0 radical (unpaired) electrons. The maximum atomic E-state index is 13.4. The summed E-state index contributed by atoms with van der Waals surface area (Å²) in [6, 6.07) is 12.1. The summed E-state index contributed by atoms with van der Waals surface area (Å²) in [6.45, 7) is 11.0. The Balaban J connectivity index is 1.85. The molecule has 1 aromatic carbocycles. The number of nitrogens with zero attached hydrogens (tertiary/aromatic N) is 4. The van der Waals surface area contributed by atoms with E-state index in [2.05, 4.69) is 23.7 Å². The first-order valence-corrected chi connectivity index (χ1v) is 12.1. The number of pyridine rings is 1. The molecule has 0 bridgehead atoms. The van der Waals surface area contributed by atoms with E-state index < -0.39 is 17.7 Å². The normalized spacial score (nSPS) is 17.6. The van der Waals surface area contributed by atoms with Crippen LogP contribution in [0, 0.1) is 6.92 Å². The predicted molar refractivity (Wildman–Crippen MR) is 134 cm³/mol. The predicted octanol–water partition coefficient (Wildman–Crippen LogP) is 3.80. The van der Waals surface area contributed by atoms with Crippen molar-refractivity contribution in [3.63, 3.8) is 0 Å². The second-order valence-electron chi connectivity index (χ2n) is 8.50. The van der Waals surface area contributed by atoms with Crippen LogP contribution in [0.15, 0.2) is 54.2 Å². The highest BCUT2D eigenvalue weighted by molar-refractivity contribution is 6.46. The van der Waals surface area contributed by atoms with Crippen LogP contribution in [0.1, 0.15) is 43.8 Å². The van der Waals surface area contributed by atoms with Crippen LogP contribution in [-0.2, 0) is 9.59 Å². The molecular formula is C27H32N4O4. The first-order chi connectivity index (χ1) is 16.9. The highest BCUT2D eigenvalue weighted by Crippen LogP contribution is 2.40. The Morgan fingerprint density at radius 1 is 1.09 bits per heavy atom. The molecule has 8 heteroatoms. The molecule has 1 aliphatic heterocycles. The molecule has 1 N–H and O–H groups in total. The minimum absolute atomic E-state index is 0.0764. The molecule has 184 valence electrons. The number of ketones is 1. The van der Waals surface area contributed by atoms with Gasteiger partial charge in [0.2, 0.25) is 0 Å². The monoisotopic (exact) mass is 476 g/mol. The molecule has 35 heavy (non-hydrogen) atoms. The third-order valence-corrected chi connectivity index (χ3v) is 6.53. The number of ether oxygens (including phenoxy) is 1. The first kappa shape index (κ1) is 24.5. The van der Waals surface area contributed by atoms with Gasteiger partial charge in [0.15, 0.2) is 5.76 Å². The number of carbonyl (C=O) groups excluding carboxylic acids is 2. The van der Waals surface area contributed by atoms with E-state index in [0.717, 1.165) is 18.7 Å². The second-order valence-corrected chi connectivity index (χ2v) is 8.50. The van der Waals surface area contributed by atoms with Gasteiger partial charge in [-0.2, -0.15) is 0 Å². The molecule has 1 saturated heterocycles. The van der Waals surface area contributed by atoms with Crippen molar-refractivity contribution in [3.05, 3.63) is 71.2 Å². The molecule has 1 unspecified atom stereocenters. The molecule has 0 aliphatic carbocycles. The van der Waals surface area contributed by atoms with Gasteiger partial charge in [0.05, 0.1) is 23.9 Å². The molecular weight excluding hydrogens is 444 g/mol. The van der Waals surface area contributed by atoms with E-state index in [1.807, 2.05) is 49.4 Å². The second kappa shape index (κ2) is 10.3. The Kier molecular flexibility index (Phi) is 7.21. The number of aliphatic hydroxyl groups excluding tert-OH is 1. The highest BCUT2D eigenvalue weighted by Gasteiger charge is 2.46. The average Bonchev–Trinajstić information content (AvgIpc) is 3.33. The largest absolute Gasteiger partial charge is 0.505 e. The minimum Gasteiger partial charge on any atom is -0.505 e. The van der Waals surface area contributed by atoms with Crippen molar-refractivity contribution < 1.29 is 19.4 Å². The molecule has 8 nitrogen and oxygen atoms in total. The molecule has 3 aromatic rings. The van der Waals surface area contributed by atoms with Crippen LogP contribution in [-0.4, -0.2) is 68.8 Å². The van der Waals surface area contributed by atoms with Gasteiger partial charge in [0.1, 0.15) is 17.1 Å². The quantitative estimate of drug-likeness (QED) is 0.287. The van der Waals surface area contributed by atoms with Crippen LogP contribution in [0.25, 0.3) is 11.4 Å². The number of aliphatic hydroxyl groups is 1. The summed E-state index contributed by atoms with van der Waals surface area (Å²) < 4.78 is 7.31. The number of likely N-dealkylation sites (N-methyl/N-ethyl adjacent to an activating group) is 1. The number of hydrogen-bond donors (Lipinski definition) is 1. The van der Waals surface area contributed by atoms with Crippen molar-refractivity contribution in [1.82, 2.24) is 19.2 Å². The lowest BCUT2D eigenvalue weighted by Gasteiger charge is -2.28. The Morgan fingerprint density at radius 3 is 2.46 bits per heavy atom. The zero-order valence-corrected chi connectivity index (χ0v) is 20.7. The van der Waals surface area contributed by atoms with Gasteiger partial charge in [-0.25, -0.2) is 4.98 Å². The summed E-state index contributed by atoms with van der Waals surface area (Å²) in [6.07, 6.45) is 1.78. The van der Waals surface area contributed by atoms with Gasteiger partial charge >= 0.3 is 0 Å². The van der Waals surface area contributed by atoms with Crippen LogP contribution in [0.5, 0.6) is 5.75 Å². The van der Waals surface area contributed by atoms with Crippen molar-refractivity contribution in [2.75, 3.05) is 32.8 Å². The maximum absolute atomic E-state index is 13.4. The number of benzene rings is 1. The molecule has 0 saturated carbocycles. The number of aryl methyl sites for hydroxylation is 1. The van der Waals surface area contributed by atoms with Crippen LogP contribution in [0.4, 0.5) is 0 Å². The standard InChI is InChI=1S/C27H32N4O4/c1-5-29(6-2)16-17-31-24(19-11-13-20(14-12-19)35-7-3)22(26(33)27(31)34)25(32)23-18(4)28-21-10-8-9-15-30(21)23/h8-15,24,32H,5-7,16-17H2,1-4H3/b25-22+. The number of fused-ring (bicyclic) bond motifs is 1. The van der Waals surface area contributed by atoms with Crippen molar-refractivity contribution >= 4 is 23.1 Å². The number of imidazole rings is 1. The SMILES string of the molecule is CCOc1ccc(C2/C(=C(\O)c3c(C)nc4ccccn34)C(=O)C(=O)N2CCN(CC)CC)cc1. The summed E-state index contributed by atoms with van der Waals surface area (Å²) in [7, 11) is 0. The highest BCUT2D eigenvalue weighted by atomic mass is 16.5. The molecule has 1 fully saturated rings. The van der Waals surface area contributed by atoms with E-state index >= 15 is 0 Å². The lowest BCUT2D eigenvalue weighted by Crippen LogP contribution is -2.38. The number of Topliss-reactive ketones (excluding diaryl/α,β-unsaturated/α-hetero) is 1. The number of hydrogen-bond acceptors (Lipinski definition) is 6. The lowest BCUT2D eigenvalue weighted by atomic mass is 9.96. The summed E-state index contributed by atoms with van der Waals surface area (Å²) in [5.41, 5.74) is 2.46. The summed E-state index contributed by atoms with van der Waals surface area (Å²) >= 11 is 0. The smallest absolute Gasteiger partial charge is 0.295 e. The Morgan fingerprint density at radius 2 is 1.80 bits per heavy atom. The number of likely N-dealkylation sites (tertiary alicyclic amines) is 1. The van der Waals surface area contributed by atoms with Crippen LogP contribution < -0.4 is 4.74 Å².